The molecule has 0 saturated carbocycles. The number of rotatable bonds is 4. The topological polar surface area (TPSA) is 91.8 Å². The fourth-order valence-electron chi connectivity index (χ4n) is 2.27. The van der Waals surface area contributed by atoms with Gasteiger partial charge < -0.3 is 5.11 Å². The molecule has 0 atom stereocenters. The number of aromatic carboxylic acids is 1. The van der Waals surface area contributed by atoms with Crippen LogP contribution in [0.2, 0.25) is 0 Å². The Bertz CT molecular complexity index is 878. The Morgan fingerprint density at radius 2 is 2.09 bits per heavy atom. The minimum absolute atomic E-state index is 0.0628. The van der Waals surface area contributed by atoms with Crippen molar-refractivity contribution in [1.82, 2.24) is 14.8 Å². The zero-order chi connectivity index (χ0) is 16.2. The van der Waals surface area contributed by atoms with Crippen LogP contribution in [0.3, 0.4) is 0 Å². The number of carboxylic acids is 1. The third-order valence-electron chi connectivity index (χ3n) is 3.43. The number of nitriles is 1. The van der Waals surface area contributed by atoms with Gasteiger partial charge in [0.2, 0.25) is 0 Å². The number of nitrogens with zero attached hydrogens (tertiary/aromatic N) is 4. The van der Waals surface area contributed by atoms with E-state index in [4.69, 9.17) is 10.4 Å². The molecule has 0 aliphatic rings. The van der Waals surface area contributed by atoms with E-state index in [0.717, 1.165) is 11.3 Å². The average molecular weight is 304 g/mol. The number of hydrogen-bond acceptors (Lipinski definition) is 4. The number of hydrogen-bond donors (Lipinski definition) is 1. The van der Waals surface area contributed by atoms with E-state index in [1.54, 1.807) is 10.9 Å². The lowest BCUT2D eigenvalue weighted by atomic mass is 10.0. The third-order valence-corrected chi connectivity index (χ3v) is 3.43. The van der Waals surface area contributed by atoms with Crippen LogP contribution in [0.15, 0.2) is 55.0 Å². The first kappa shape index (κ1) is 14.5. The Kier molecular flexibility index (Phi) is 3.85. The third kappa shape index (κ3) is 3.09. The largest absolute Gasteiger partial charge is 0.477 e. The van der Waals surface area contributed by atoms with Crippen molar-refractivity contribution >= 4 is 5.97 Å². The summed E-state index contributed by atoms with van der Waals surface area (Å²) in [6, 6.07) is 13.0. The van der Waals surface area contributed by atoms with Crippen molar-refractivity contribution < 1.29 is 9.90 Å². The Balaban J connectivity index is 1.88. The molecule has 2 aromatic heterocycles. The highest BCUT2D eigenvalue weighted by Gasteiger charge is 2.10. The van der Waals surface area contributed by atoms with Gasteiger partial charge >= 0.3 is 5.97 Å². The molecule has 6 nitrogen and oxygen atoms in total. The molecule has 3 aromatic rings. The zero-order valence-electron chi connectivity index (χ0n) is 12.0. The lowest BCUT2D eigenvalue weighted by Crippen LogP contribution is -2.04. The molecule has 2 heterocycles. The first-order chi connectivity index (χ1) is 11.2. The van der Waals surface area contributed by atoms with Crippen molar-refractivity contribution in [2.24, 2.45) is 0 Å². The van der Waals surface area contributed by atoms with Gasteiger partial charge in [-0.05, 0) is 41.8 Å². The predicted molar refractivity (Wildman–Crippen MR) is 82.3 cm³/mol. The van der Waals surface area contributed by atoms with Crippen LogP contribution in [0.1, 0.15) is 27.2 Å². The summed E-state index contributed by atoms with van der Waals surface area (Å²) in [5, 5.41) is 22.3. The SMILES string of the molecule is N#Cc1cnc(C(=O)O)cc1Cc1ccc(-n2cccn2)cc1. The molecule has 0 radical (unpaired) electrons. The summed E-state index contributed by atoms with van der Waals surface area (Å²) < 4.78 is 1.75. The van der Waals surface area contributed by atoms with Crippen LogP contribution >= 0.6 is 0 Å². The second kappa shape index (κ2) is 6.12. The van der Waals surface area contributed by atoms with E-state index in [0.29, 0.717) is 17.5 Å². The van der Waals surface area contributed by atoms with Crippen LogP contribution in [0.5, 0.6) is 0 Å². The molecule has 0 amide bonds. The summed E-state index contributed by atoms with van der Waals surface area (Å²) in [7, 11) is 0. The molecule has 0 aliphatic heterocycles. The standard InChI is InChI=1S/C17H12N4O2/c18-10-14-11-19-16(17(22)23)9-13(14)8-12-2-4-15(5-3-12)21-7-1-6-20-21/h1-7,9,11H,8H2,(H,22,23). The monoisotopic (exact) mass is 304 g/mol. The van der Waals surface area contributed by atoms with E-state index in [1.807, 2.05) is 42.6 Å². The average Bonchev–Trinajstić information content (AvgIpc) is 3.10. The van der Waals surface area contributed by atoms with Gasteiger partial charge in [0.15, 0.2) is 0 Å². The molecule has 0 bridgehead atoms. The maximum Gasteiger partial charge on any atom is 0.354 e. The van der Waals surface area contributed by atoms with Crippen molar-refractivity contribution in [1.29, 1.82) is 5.26 Å². The molecule has 112 valence electrons. The number of carboxylic acid groups (broad SMARTS) is 1. The van der Waals surface area contributed by atoms with Crippen LogP contribution in [-0.2, 0) is 6.42 Å². The Labute approximate surface area is 132 Å². The van der Waals surface area contributed by atoms with Gasteiger partial charge in [0.25, 0.3) is 0 Å². The molecule has 23 heavy (non-hydrogen) atoms. The van der Waals surface area contributed by atoms with E-state index in [2.05, 4.69) is 10.1 Å². The lowest BCUT2D eigenvalue weighted by Gasteiger charge is -2.07. The lowest BCUT2D eigenvalue weighted by molar-refractivity contribution is 0.0690. The van der Waals surface area contributed by atoms with Gasteiger partial charge in [0.1, 0.15) is 11.8 Å². The Hall–Kier alpha value is -3.46. The van der Waals surface area contributed by atoms with Crippen molar-refractivity contribution in [3.8, 4) is 11.8 Å². The number of aromatic nitrogens is 3. The predicted octanol–water partition coefficient (Wildman–Crippen LogP) is 2.43. The second-order valence-electron chi connectivity index (χ2n) is 4.94. The van der Waals surface area contributed by atoms with Gasteiger partial charge in [-0.1, -0.05) is 12.1 Å². The van der Waals surface area contributed by atoms with E-state index < -0.39 is 5.97 Å². The summed E-state index contributed by atoms with van der Waals surface area (Å²) in [4.78, 5) is 14.8. The summed E-state index contributed by atoms with van der Waals surface area (Å²) >= 11 is 0. The summed E-state index contributed by atoms with van der Waals surface area (Å²) in [6.07, 6.45) is 5.32. The van der Waals surface area contributed by atoms with Gasteiger partial charge in [-0.3, -0.25) is 0 Å². The summed E-state index contributed by atoms with van der Waals surface area (Å²) in [5.41, 5.74) is 2.87. The number of pyridine rings is 1. The fraction of sp³-hybridized carbons (Fsp3) is 0.0588. The van der Waals surface area contributed by atoms with Crippen LogP contribution < -0.4 is 0 Å². The molecule has 1 N–H and O–H groups in total. The molecular formula is C17H12N4O2. The van der Waals surface area contributed by atoms with E-state index in [1.165, 1.54) is 12.3 Å². The first-order valence-corrected chi connectivity index (χ1v) is 6.88. The highest BCUT2D eigenvalue weighted by atomic mass is 16.4. The van der Waals surface area contributed by atoms with Gasteiger partial charge in [0.05, 0.1) is 11.3 Å². The zero-order valence-corrected chi connectivity index (χ0v) is 12.0. The fourth-order valence-corrected chi connectivity index (χ4v) is 2.27. The van der Waals surface area contributed by atoms with Gasteiger partial charge in [0, 0.05) is 18.6 Å². The molecule has 0 spiro atoms. The Morgan fingerprint density at radius 3 is 2.70 bits per heavy atom. The molecule has 6 heteroatoms. The summed E-state index contributed by atoms with van der Waals surface area (Å²) in [6.45, 7) is 0. The van der Waals surface area contributed by atoms with Gasteiger partial charge in [-0.2, -0.15) is 10.4 Å². The minimum atomic E-state index is -1.11. The van der Waals surface area contributed by atoms with E-state index in [9.17, 15) is 4.79 Å². The van der Waals surface area contributed by atoms with Crippen molar-refractivity contribution in [2.75, 3.05) is 0 Å². The van der Waals surface area contributed by atoms with Crippen LogP contribution in [0.25, 0.3) is 5.69 Å². The first-order valence-electron chi connectivity index (χ1n) is 6.88. The van der Waals surface area contributed by atoms with Crippen LogP contribution in [-0.4, -0.2) is 25.8 Å². The highest BCUT2D eigenvalue weighted by molar-refractivity contribution is 5.85. The van der Waals surface area contributed by atoms with Crippen molar-refractivity contribution in [3.63, 3.8) is 0 Å². The van der Waals surface area contributed by atoms with Crippen LogP contribution in [0, 0.1) is 11.3 Å². The molecule has 0 fully saturated rings. The Morgan fingerprint density at radius 1 is 1.30 bits per heavy atom. The van der Waals surface area contributed by atoms with Crippen LogP contribution in [0.4, 0.5) is 0 Å². The molecule has 1 aromatic carbocycles. The smallest absolute Gasteiger partial charge is 0.354 e. The quantitative estimate of drug-likeness (QED) is 0.799. The van der Waals surface area contributed by atoms with E-state index in [-0.39, 0.29) is 5.69 Å². The second-order valence-corrected chi connectivity index (χ2v) is 4.94. The maximum absolute atomic E-state index is 11.0. The molecule has 3 rings (SSSR count). The highest BCUT2D eigenvalue weighted by Crippen LogP contribution is 2.16. The van der Waals surface area contributed by atoms with E-state index >= 15 is 0 Å². The maximum atomic E-state index is 11.0. The molecular weight excluding hydrogens is 292 g/mol. The normalized spacial score (nSPS) is 10.2. The molecule has 0 unspecified atom stereocenters. The van der Waals surface area contributed by atoms with Crippen molar-refractivity contribution in [2.45, 2.75) is 6.42 Å². The van der Waals surface area contributed by atoms with Gasteiger partial charge in [-0.25, -0.2) is 14.5 Å². The minimum Gasteiger partial charge on any atom is -0.477 e. The van der Waals surface area contributed by atoms with Gasteiger partial charge in [-0.15, -0.1) is 0 Å². The molecule has 0 saturated heterocycles. The number of benzene rings is 1. The summed E-state index contributed by atoms with van der Waals surface area (Å²) in [5.74, 6) is -1.11. The van der Waals surface area contributed by atoms with Crippen molar-refractivity contribution in [3.05, 3.63) is 77.4 Å². The number of carbonyl (C=O) groups is 1. The molecule has 0 aliphatic carbocycles.